The van der Waals surface area contributed by atoms with Crippen molar-refractivity contribution < 1.29 is 71.0 Å². The fourth-order valence-corrected chi connectivity index (χ4v) is 12.0. The summed E-state index contributed by atoms with van der Waals surface area (Å²) in [6.45, 7) is 4.43. The van der Waals surface area contributed by atoms with E-state index in [9.17, 15) is 48.4 Å². The number of sulfonamides is 1. The number of halogens is 7. The van der Waals surface area contributed by atoms with Gasteiger partial charge in [-0.25, -0.2) is 25.9 Å². The first-order valence-corrected chi connectivity index (χ1v) is 30.7. The Morgan fingerprint density at radius 3 is 1.47 bits per heavy atom. The molecule has 1 N–H and O–H groups in total. The van der Waals surface area contributed by atoms with E-state index in [4.69, 9.17) is 28.0 Å². The Bertz CT molecular complexity index is 4790. The normalized spacial score (nSPS) is 11.3. The molecule has 11 aromatic rings. The summed E-state index contributed by atoms with van der Waals surface area (Å²) in [4.78, 5) is 25.2. The van der Waals surface area contributed by atoms with Crippen molar-refractivity contribution in [1.82, 2.24) is 19.4 Å². The minimum atomic E-state index is -5.06. The van der Waals surface area contributed by atoms with E-state index in [1.165, 1.54) is 76.1 Å². The van der Waals surface area contributed by atoms with Crippen LogP contribution in [0.5, 0.6) is 28.7 Å². The lowest BCUT2D eigenvalue weighted by Gasteiger charge is -2.22. The Labute approximate surface area is 526 Å². The second-order valence-corrected chi connectivity index (χ2v) is 24.4. The number of fused-ring (bicyclic) bond motifs is 2. The van der Waals surface area contributed by atoms with E-state index >= 15 is 0 Å². The predicted octanol–water partition coefficient (Wildman–Crippen LogP) is 13.3. The summed E-state index contributed by atoms with van der Waals surface area (Å²) < 4.78 is 162. The van der Waals surface area contributed by atoms with E-state index in [1.54, 1.807) is 87.9 Å². The highest BCUT2D eigenvalue weighted by Gasteiger charge is 2.32. The highest BCUT2D eigenvalue weighted by Crippen LogP contribution is 2.36. The molecule has 0 radical (unpaired) electrons. The van der Waals surface area contributed by atoms with Crippen LogP contribution in [0.15, 0.2) is 195 Å². The Kier molecular flexibility index (Phi) is 19.8. The van der Waals surface area contributed by atoms with E-state index < -0.39 is 65.4 Å². The van der Waals surface area contributed by atoms with Gasteiger partial charge in [-0.2, -0.15) is 17.2 Å². The Balaban J connectivity index is 0.000000174. The van der Waals surface area contributed by atoms with E-state index in [1.807, 2.05) is 37.3 Å². The standard InChI is InChI=1S/C28H24BrN3O6S.C23H13BrF5NO5S.C11H12N2O2/c1-18-14-25(26(37-3)16-23(18)29)32-24-10-9-22(15-20(24)6-11-28(32)33)39(34,35)31(27-12-13-38-30-27)17-19-4-7-21(36-2)8-5-19;1-10-7-15(16(34-2)9-13(10)24)30-14-5-4-12(8-11(14)3-6-17(30)31)36(32,33)35-23-21(28)19(26)18(25)20(27)22(23)29;1-14-10-4-2-9(3-5-10)8-12-11-6-7-15-13-11/h4-16H,17H2,1-3H3;3-9H,1-2H3;2-7H,8H2,1H3,(H,12,13). The molecule has 0 fully saturated rings. The molecule has 0 saturated carbocycles. The second-order valence-electron chi connectivity index (χ2n) is 19.2. The van der Waals surface area contributed by atoms with Gasteiger partial charge in [0.2, 0.25) is 34.8 Å². The number of hydrogen-bond donors (Lipinski definition) is 1. The first-order valence-electron chi connectivity index (χ1n) is 26.3. The fraction of sp³-hybridized carbons (Fsp3) is 0.129. The number of ether oxygens (including phenoxy) is 4. The van der Waals surface area contributed by atoms with Crippen LogP contribution in [-0.2, 0) is 33.2 Å². The van der Waals surface area contributed by atoms with Gasteiger partial charge in [-0.1, -0.05) is 66.4 Å². The highest BCUT2D eigenvalue weighted by atomic mass is 79.9. The summed E-state index contributed by atoms with van der Waals surface area (Å²) in [6.07, 6.45) is 2.86. The lowest BCUT2D eigenvalue weighted by Crippen LogP contribution is -2.31. The first kappa shape index (κ1) is 64.9. The number of nitrogens with zero attached hydrogens (tertiary/aromatic N) is 5. The molecule has 0 unspecified atom stereocenters. The molecule has 0 atom stereocenters. The van der Waals surface area contributed by atoms with Gasteiger partial charge in [0.1, 0.15) is 40.4 Å². The average molecular weight is 1410 g/mol. The molecule has 19 nitrogen and oxygen atoms in total. The van der Waals surface area contributed by atoms with Gasteiger partial charge >= 0.3 is 10.1 Å². The van der Waals surface area contributed by atoms with Crippen molar-refractivity contribution in [3.05, 3.63) is 239 Å². The van der Waals surface area contributed by atoms with Gasteiger partial charge in [0.05, 0.1) is 62.3 Å². The van der Waals surface area contributed by atoms with Gasteiger partial charge in [-0.05, 0) is 133 Å². The van der Waals surface area contributed by atoms with Crippen molar-refractivity contribution in [2.45, 2.75) is 36.7 Å². The lowest BCUT2D eigenvalue weighted by atomic mass is 10.1. The van der Waals surface area contributed by atoms with Crippen molar-refractivity contribution in [3.8, 4) is 40.1 Å². The van der Waals surface area contributed by atoms with E-state index in [2.05, 4.69) is 51.7 Å². The van der Waals surface area contributed by atoms with Gasteiger partial charge in [-0.15, -0.1) is 0 Å². The third kappa shape index (κ3) is 13.8. The van der Waals surface area contributed by atoms with Gasteiger partial charge in [0.25, 0.3) is 21.1 Å². The van der Waals surface area contributed by atoms with Gasteiger partial charge < -0.3 is 37.5 Å². The molecule has 4 heterocycles. The number of anilines is 2. The molecule has 0 spiro atoms. The summed E-state index contributed by atoms with van der Waals surface area (Å²) in [5.41, 5.74) is 4.49. The van der Waals surface area contributed by atoms with Crippen LogP contribution in [0.1, 0.15) is 22.3 Å². The van der Waals surface area contributed by atoms with Crippen LogP contribution in [0.25, 0.3) is 33.2 Å². The van der Waals surface area contributed by atoms with Crippen LogP contribution in [0, 0.1) is 42.9 Å². The molecule has 0 bridgehead atoms. The molecule has 90 heavy (non-hydrogen) atoms. The minimum Gasteiger partial charge on any atom is -0.497 e. The summed E-state index contributed by atoms with van der Waals surface area (Å²) in [7, 11) is -2.99. The maximum absolute atomic E-state index is 14.0. The quantitative estimate of drug-likeness (QED) is 0.0387. The molecular formula is C62H49Br2F5N6O13S2. The van der Waals surface area contributed by atoms with Gasteiger partial charge in [-0.3, -0.25) is 18.7 Å². The molecule has 0 aliphatic heterocycles. The molecule has 11 rings (SSSR count). The molecule has 466 valence electrons. The van der Waals surface area contributed by atoms with Crippen LogP contribution < -0.4 is 43.9 Å². The zero-order valence-corrected chi connectivity index (χ0v) is 52.7. The number of rotatable bonds is 17. The van der Waals surface area contributed by atoms with Gasteiger partial charge in [0, 0.05) is 50.5 Å². The molecule has 0 aliphatic carbocycles. The zero-order chi connectivity index (χ0) is 64.8. The first-order chi connectivity index (χ1) is 43.0. The highest BCUT2D eigenvalue weighted by molar-refractivity contribution is 9.10. The molecule has 7 aromatic carbocycles. The third-order valence-electron chi connectivity index (χ3n) is 13.6. The van der Waals surface area contributed by atoms with Crippen molar-refractivity contribution in [3.63, 3.8) is 0 Å². The van der Waals surface area contributed by atoms with Crippen LogP contribution in [0.2, 0.25) is 0 Å². The summed E-state index contributed by atoms with van der Waals surface area (Å²) >= 11 is 6.87. The number of aromatic nitrogens is 4. The monoisotopic (exact) mass is 1400 g/mol. The smallest absolute Gasteiger partial charge is 0.339 e. The predicted molar refractivity (Wildman–Crippen MR) is 331 cm³/mol. The second kappa shape index (κ2) is 27.5. The summed E-state index contributed by atoms with van der Waals surface area (Å²) in [6, 6.07) is 38.5. The Morgan fingerprint density at radius 1 is 0.533 bits per heavy atom. The summed E-state index contributed by atoms with van der Waals surface area (Å²) in [5.74, 6) is -10.8. The number of hydrogen-bond acceptors (Lipinski definition) is 16. The maximum Gasteiger partial charge on any atom is 0.339 e. The largest absolute Gasteiger partial charge is 0.497 e. The minimum absolute atomic E-state index is 0.0196. The third-order valence-corrected chi connectivity index (χ3v) is 18.3. The van der Waals surface area contributed by atoms with Crippen molar-refractivity contribution in [2.75, 3.05) is 38.1 Å². The topological polar surface area (TPSA) is 226 Å². The number of nitrogens with one attached hydrogen (secondary N) is 1. The van der Waals surface area contributed by atoms with Crippen LogP contribution >= 0.6 is 31.9 Å². The van der Waals surface area contributed by atoms with Crippen molar-refractivity contribution in [1.29, 1.82) is 0 Å². The molecule has 0 amide bonds. The number of pyridine rings is 2. The Hall–Kier alpha value is -9.51. The van der Waals surface area contributed by atoms with Crippen LogP contribution in [-0.4, -0.2) is 64.7 Å². The summed E-state index contributed by atoms with van der Waals surface area (Å²) in [5, 5.41) is 11.5. The van der Waals surface area contributed by atoms with Crippen LogP contribution in [0.3, 0.4) is 0 Å². The maximum atomic E-state index is 14.0. The average Bonchev–Trinajstić information content (AvgIpc) is 0.841. The van der Waals surface area contributed by atoms with Gasteiger partial charge in [0.15, 0.2) is 11.6 Å². The number of methoxy groups -OCH3 is 4. The molecule has 0 saturated heterocycles. The Morgan fingerprint density at radius 2 is 1.00 bits per heavy atom. The zero-order valence-electron chi connectivity index (χ0n) is 47.9. The molecular weight excluding hydrogens is 1360 g/mol. The van der Waals surface area contributed by atoms with E-state index in [0.29, 0.717) is 39.5 Å². The fourth-order valence-electron chi connectivity index (χ4n) is 8.94. The van der Waals surface area contributed by atoms with E-state index in [-0.39, 0.29) is 33.7 Å². The number of benzene rings is 7. The van der Waals surface area contributed by atoms with Crippen molar-refractivity contribution >= 4 is 85.4 Å². The molecule has 0 aliphatic rings. The SMILES string of the molecule is COc1cc(Br)c(C)cc1-n1c(=O)ccc2cc(S(=O)(=O)Oc3c(F)c(F)c(F)c(F)c3F)ccc21.COc1ccc(CN(c2ccon2)S(=O)(=O)c2ccc3c(ccc(=O)n3-c3cc(C)c(Br)cc3OC)c2)cc1.COc1ccc(CNc2ccon2)cc1. The lowest BCUT2D eigenvalue weighted by molar-refractivity contribution is 0.346. The van der Waals surface area contributed by atoms with E-state index in [0.717, 1.165) is 61.9 Å². The number of aryl methyl sites for hydroxylation is 2. The molecule has 4 aromatic heterocycles. The van der Waals surface area contributed by atoms with Crippen LogP contribution in [0.4, 0.5) is 33.6 Å². The van der Waals surface area contributed by atoms with Crippen molar-refractivity contribution in [2.24, 2.45) is 0 Å². The molecule has 28 heteroatoms.